The molecule has 3 N–H and O–H groups in total. The zero-order valence-electron chi connectivity index (χ0n) is 9.99. The highest BCUT2D eigenvalue weighted by Gasteiger charge is 2.20. The summed E-state index contributed by atoms with van der Waals surface area (Å²) in [5.74, 6) is -0.309. The summed E-state index contributed by atoms with van der Waals surface area (Å²) in [7, 11) is 0. The first-order valence-electron chi connectivity index (χ1n) is 5.31. The summed E-state index contributed by atoms with van der Waals surface area (Å²) >= 11 is 0. The smallest absolute Gasteiger partial charge is 0.407 e. The van der Waals surface area contributed by atoms with Gasteiger partial charge in [0.2, 0.25) is 0 Å². The van der Waals surface area contributed by atoms with Crippen molar-refractivity contribution in [3.8, 4) is 0 Å². The zero-order valence-corrected chi connectivity index (χ0v) is 9.99. The predicted molar refractivity (Wildman–Crippen MR) is 58.8 cm³/mol. The van der Waals surface area contributed by atoms with Crippen molar-refractivity contribution in [2.24, 2.45) is 11.7 Å². The van der Waals surface area contributed by atoms with Gasteiger partial charge < -0.3 is 20.5 Å². The lowest BCUT2D eigenvalue weighted by molar-refractivity contribution is -0.145. The van der Waals surface area contributed by atoms with Crippen LogP contribution in [0.3, 0.4) is 0 Å². The first kappa shape index (κ1) is 14.7. The van der Waals surface area contributed by atoms with E-state index in [0.717, 1.165) is 0 Å². The van der Waals surface area contributed by atoms with Crippen LogP contribution in [-0.2, 0) is 14.3 Å². The fourth-order valence-electron chi connectivity index (χ4n) is 0.883. The number of hydrogen-bond donors (Lipinski definition) is 2. The molecule has 1 amide bonds. The monoisotopic (exact) mass is 232 g/mol. The van der Waals surface area contributed by atoms with Gasteiger partial charge in [-0.3, -0.25) is 0 Å². The lowest BCUT2D eigenvalue weighted by Crippen LogP contribution is -2.47. The quantitative estimate of drug-likeness (QED) is 0.641. The van der Waals surface area contributed by atoms with Crippen LogP contribution in [0.4, 0.5) is 4.79 Å². The maximum atomic E-state index is 11.3. The summed E-state index contributed by atoms with van der Waals surface area (Å²) < 4.78 is 9.58. The van der Waals surface area contributed by atoms with Crippen molar-refractivity contribution in [2.45, 2.75) is 26.8 Å². The Morgan fingerprint density at radius 3 is 2.38 bits per heavy atom. The van der Waals surface area contributed by atoms with E-state index in [1.54, 1.807) is 6.92 Å². The highest BCUT2D eigenvalue weighted by Crippen LogP contribution is 1.94. The summed E-state index contributed by atoms with van der Waals surface area (Å²) in [6.45, 7) is 6.04. The molecule has 0 aliphatic carbocycles. The van der Waals surface area contributed by atoms with Gasteiger partial charge in [0.25, 0.3) is 0 Å². The van der Waals surface area contributed by atoms with Gasteiger partial charge in [-0.2, -0.15) is 0 Å². The van der Waals surface area contributed by atoms with Gasteiger partial charge in [0.05, 0.1) is 13.2 Å². The second-order valence-corrected chi connectivity index (χ2v) is 3.68. The molecule has 1 atom stereocenters. The van der Waals surface area contributed by atoms with Crippen LogP contribution in [0.1, 0.15) is 20.8 Å². The van der Waals surface area contributed by atoms with Gasteiger partial charge >= 0.3 is 12.1 Å². The van der Waals surface area contributed by atoms with Crippen LogP contribution in [0.2, 0.25) is 0 Å². The maximum absolute atomic E-state index is 11.3. The summed E-state index contributed by atoms with van der Waals surface area (Å²) in [5, 5.41) is 2.35. The molecule has 0 unspecified atom stereocenters. The molecule has 0 fully saturated rings. The minimum atomic E-state index is -0.848. The Hall–Kier alpha value is -1.30. The number of ether oxygens (including phenoxy) is 2. The largest absolute Gasteiger partial charge is 0.464 e. The third kappa shape index (κ3) is 6.23. The number of rotatable bonds is 6. The minimum absolute atomic E-state index is 0.0182. The van der Waals surface area contributed by atoms with E-state index in [1.807, 2.05) is 13.8 Å². The van der Waals surface area contributed by atoms with Crippen LogP contribution in [0.25, 0.3) is 0 Å². The number of hydrogen-bond acceptors (Lipinski definition) is 5. The van der Waals surface area contributed by atoms with E-state index in [1.165, 1.54) is 0 Å². The van der Waals surface area contributed by atoms with Crippen LogP contribution >= 0.6 is 0 Å². The van der Waals surface area contributed by atoms with E-state index in [2.05, 4.69) is 5.32 Å². The van der Waals surface area contributed by atoms with E-state index >= 15 is 0 Å². The molecule has 0 radical (unpaired) electrons. The molecule has 0 spiro atoms. The molecule has 94 valence electrons. The number of amides is 1. The molecule has 0 aliphatic heterocycles. The summed E-state index contributed by atoms with van der Waals surface area (Å²) in [5.41, 5.74) is 5.34. The zero-order chi connectivity index (χ0) is 12.6. The van der Waals surface area contributed by atoms with Crippen molar-refractivity contribution >= 4 is 12.1 Å². The number of esters is 1. The van der Waals surface area contributed by atoms with E-state index in [-0.39, 0.29) is 19.1 Å². The summed E-state index contributed by atoms with van der Waals surface area (Å²) in [4.78, 5) is 22.5. The normalized spacial score (nSPS) is 12.1. The molecule has 0 aromatic heterocycles. The topological polar surface area (TPSA) is 90.6 Å². The van der Waals surface area contributed by atoms with E-state index in [0.29, 0.717) is 6.61 Å². The van der Waals surface area contributed by atoms with Gasteiger partial charge in [-0.15, -0.1) is 0 Å². The van der Waals surface area contributed by atoms with Crippen molar-refractivity contribution in [3.63, 3.8) is 0 Å². The fraction of sp³-hybridized carbons (Fsp3) is 0.800. The molecule has 0 aromatic rings. The fourth-order valence-corrected chi connectivity index (χ4v) is 0.883. The average Bonchev–Trinajstić information content (AvgIpc) is 2.23. The number of carbonyl (C=O) groups is 2. The molecule has 6 nitrogen and oxygen atoms in total. The van der Waals surface area contributed by atoms with Crippen LogP contribution in [0, 0.1) is 5.92 Å². The second kappa shape index (κ2) is 7.92. The highest BCUT2D eigenvalue weighted by molar-refractivity contribution is 5.81. The predicted octanol–water partition coefficient (Wildman–Crippen LogP) is 0.259. The SMILES string of the molecule is CCOC(=O)[C@H](CN)NC(=O)OCC(C)C. The van der Waals surface area contributed by atoms with Crippen LogP contribution < -0.4 is 11.1 Å². The van der Waals surface area contributed by atoms with Crippen LogP contribution in [0.15, 0.2) is 0 Å². The van der Waals surface area contributed by atoms with E-state index in [4.69, 9.17) is 15.2 Å². The number of nitrogens with one attached hydrogen (secondary N) is 1. The highest BCUT2D eigenvalue weighted by atomic mass is 16.6. The Kier molecular flexibility index (Phi) is 7.28. The molecule has 0 aliphatic rings. The minimum Gasteiger partial charge on any atom is -0.464 e. The van der Waals surface area contributed by atoms with E-state index in [9.17, 15) is 9.59 Å². The molecular weight excluding hydrogens is 212 g/mol. The number of alkyl carbamates (subject to hydrolysis) is 1. The van der Waals surface area contributed by atoms with Gasteiger partial charge in [0.1, 0.15) is 6.04 Å². The second-order valence-electron chi connectivity index (χ2n) is 3.68. The van der Waals surface area contributed by atoms with Crippen molar-refractivity contribution in [1.29, 1.82) is 0 Å². The van der Waals surface area contributed by atoms with Gasteiger partial charge in [0.15, 0.2) is 0 Å². The van der Waals surface area contributed by atoms with Gasteiger partial charge in [-0.05, 0) is 12.8 Å². The molecule has 6 heteroatoms. The third-order valence-electron chi connectivity index (χ3n) is 1.65. The first-order chi connectivity index (χ1) is 7.51. The van der Waals surface area contributed by atoms with Crippen molar-refractivity contribution in [3.05, 3.63) is 0 Å². The van der Waals surface area contributed by atoms with Gasteiger partial charge in [-0.1, -0.05) is 13.8 Å². The molecule has 0 saturated carbocycles. The lowest BCUT2D eigenvalue weighted by Gasteiger charge is -2.15. The maximum Gasteiger partial charge on any atom is 0.407 e. The Morgan fingerprint density at radius 1 is 1.31 bits per heavy atom. The average molecular weight is 232 g/mol. The summed E-state index contributed by atoms with van der Waals surface area (Å²) in [6, 6.07) is -0.848. The number of carbonyl (C=O) groups excluding carboxylic acids is 2. The van der Waals surface area contributed by atoms with E-state index < -0.39 is 18.1 Å². The number of nitrogens with two attached hydrogens (primary N) is 1. The Bertz CT molecular complexity index is 231. The van der Waals surface area contributed by atoms with Crippen LogP contribution in [-0.4, -0.2) is 37.9 Å². The van der Waals surface area contributed by atoms with Crippen molar-refractivity contribution in [2.75, 3.05) is 19.8 Å². The Morgan fingerprint density at radius 2 is 1.94 bits per heavy atom. The molecular formula is C10H20N2O4. The van der Waals surface area contributed by atoms with Crippen LogP contribution in [0.5, 0.6) is 0 Å². The van der Waals surface area contributed by atoms with Gasteiger partial charge in [0, 0.05) is 6.54 Å². The molecule has 0 aromatic carbocycles. The van der Waals surface area contributed by atoms with Gasteiger partial charge in [-0.25, -0.2) is 9.59 Å². The third-order valence-corrected chi connectivity index (χ3v) is 1.65. The van der Waals surface area contributed by atoms with Crippen molar-refractivity contribution < 1.29 is 19.1 Å². The van der Waals surface area contributed by atoms with Crippen molar-refractivity contribution in [1.82, 2.24) is 5.32 Å². The Labute approximate surface area is 95.5 Å². The summed E-state index contributed by atoms with van der Waals surface area (Å²) in [6.07, 6.45) is -0.655. The molecule has 0 heterocycles. The Balaban J connectivity index is 4.01. The lowest BCUT2D eigenvalue weighted by atomic mass is 10.2. The molecule has 0 saturated heterocycles. The first-order valence-corrected chi connectivity index (χ1v) is 5.31. The standard InChI is InChI=1S/C10H20N2O4/c1-4-15-9(13)8(5-11)12-10(14)16-6-7(2)3/h7-8H,4-6,11H2,1-3H3,(H,12,14)/t8-/m0/s1. The molecule has 16 heavy (non-hydrogen) atoms. The molecule has 0 bridgehead atoms. The molecule has 0 rings (SSSR count).